The van der Waals surface area contributed by atoms with Crippen molar-refractivity contribution >= 4 is 9.24 Å². The van der Waals surface area contributed by atoms with E-state index < -0.39 is 0 Å². The molecule has 0 spiro atoms. The van der Waals surface area contributed by atoms with Gasteiger partial charge in [0.05, 0.1) is 6.07 Å². The fourth-order valence-electron chi connectivity index (χ4n) is 1.13. The van der Waals surface area contributed by atoms with Crippen LogP contribution in [0.2, 0.25) is 0 Å². The van der Waals surface area contributed by atoms with Crippen molar-refractivity contribution in [2.24, 2.45) is 5.92 Å². The third-order valence-electron chi connectivity index (χ3n) is 1.31. The average molecular weight is 157 g/mol. The summed E-state index contributed by atoms with van der Waals surface area (Å²) in [5.41, 5.74) is 0. The Bertz CT molecular complexity index is 129. The van der Waals surface area contributed by atoms with E-state index in [2.05, 4.69) is 36.1 Å². The Morgan fingerprint density at radius 1 is 1.60 bits per heavy atom. The zero-order valence-corrected chi connectivity index (χ0v) is 8.17. The van der Waals surface area contributed by atoms with Crippen molar-refractivity contribution in [1.29, 1.82) is 5.26 Å². The van der Waals surface area contributed by atoms with Gasteiger partial charge in [-0.2, -0.15) is 5.26 Å². The second kappa shape index (κ2) is 3.94. The fourth-order valence-corrected chi connectivity index (χ4v) is 1.53. The lowest BCUT2D eigenvalue weighted by atomic mass is 9.96. The molecule has 10 heavy (non-hydrogen) atoms. The summed E-state index contributed by atoms with van der Waals surface area (Å²) in [6.07, 6.45) is 1.78. The molecule has 0 fully saturated rings. The van der Waals surface area contributed by atoms with Gasteiger partial charge in [-0.1, -0.05) is 20.8 Å². The van der Waals surface area contributed by atoms with Gasteiger partial charge in [-0.25, -0.2) is 0 Å². The minimum absolute atomic E-state index is 0.288. The van der Waals surface area contributed by atoms with Crippen LogP contribution in [0.3, 0.4) is 0 Å². The molecule has 2 atom stereocenters. The van der Waals surface area contributed by atoms with Gasteiger partial charge in [0.25, 0.3) is 0 Å². The van der Waals surface area contributed by atoms with Crippen LogP contribution in [0.4, 0.5) is 0 Å². The van der Waals surface area contributed by atoms with Gasteiger partial charge in [-0.05, 0) is 17.5 Å². The van der Waals surface area contributed by atoms with Gasteiger partial charge in [0.15, 0.2) is 0 Å². The molecule has 0 radical (unpaired) electrons. The van der Waals surface area contributed by atoms with Crippen molar-refractivity contribution in [3.8, 4) is 6.07 Å². The highest BCUT2D eigenvalue weighted by Gasteiger charge is 2.14. The van der Waals surface area contributed by atoms with Crippen molar-refractivity contribution in [2.75, 3.05) is 0 Å². The van der Waals surface area contributed by atoms with E-state index in [-0.39, 0.29) is 5.16 Å². The molecule has 0 saturated heterocycles. The summed E-state index contributed by atoms with van der Waals surface area (Å²) in [6, 6.07) is 2.18. The molecule has 0 aromatic rings. The molecule has 0 aromatic heterocycles. The van der Waals surface area contributed by atoms with Crippen LogP contribution in [-0.2, 0) is 0 Å². The largest absolute Gasteiger partial charge is 0.198 e. The van der Waals surface area contributed by atoms with E-state index in [0.29, 0.717) is 12.3 Å². The van der Waals surface area contributed by atoms with Gasteiger partial charge in [-0.3, -0.25) is 0 Å². The Kier molecular flexibility index (Phi) is 3.91. The molecule has 58 valence electrons. The predicted octanol–water partition coefficient (Wildman–Crippen LogP) is 2.58. The topological polar surface area (TPSA) is 23.8 Å². The Balaban J connectivity index is 3.60. The molecule has 0 rings (SSSR count). The highest BCUT2D eigenvalue weighted by molar-refractivity contribution is 7.18. The van der Waals surface area contributed by atoms with Crippen LogP contribution in [0.5, 0.6) is 0 Å². The lowest BCUT2D eigenvalue weighted by Crippen LogP contribution is -2.13. The van der Waals surface area contributed by atoms with E-state index in [4.69, 9.17) is 5.26 Å². The Morgan fingerprint density at radius 3 is 2.40 bits per heavy atom. The average Bonchev–Trinajstić information content (AvgIpc) is 1.59. The highest BCUT2D eigenvalue weighted by Crippen LogP contribution is 2.26. The lowest BCUT2D eigenvalue weighted by Gasteiger charge is -2.21. The molecular weight excluding hydrogens is 141 g/mol. The maximum Gasteiger partial charge on any atom is 0.0624 e. The molecular formula is C8H16NP. The summed E-state index contributed by atoms with van der Waals surface area (Å²) in [7, 11) is 2.80. The first-order valence-corrected chi connectivity index (χ1v) is 4.19. The first-order chi connectivity index (χ1) is 4.45. The summed E-state index contributed by atoms with van der Waals surface area (Å²) in [4.78, 5) is 0. The van der Waals surface area contributed by atoms with E-state index in [9.17, 15) is 0 Å². The quantitative estimate of drug-likeness (QED) is 0.577. The van der Waals surface area contributed by atoms with Crippen LogP contribution in [0, 0.1) is 17.2 Å². The Labute approximate surface area is 66.0 Å². The number of hydrogen-bond donors (Lipinski definition) is 0. The summed E-state index contributed by atoms with van der Waals surface area (Å²) in [5.74, 6) is 0.525. The fraction of sp³-hybridized carbons (Fsp3) is 0.875. The molecule has 0 bridgehead atoms. The lowest BCUT2D eigenvalue weighted by molar-refractivity contribution is 0.475. The van der Waals surface area contributed by atoms with E-state index in [1.54, 1.807) is 0 Å². The molecule has 0 aromatic carbocycles. The molecule has 0 saturated carbocycles. The van der Waals surface area contributed by atoms with Crippen LogP contribution < -0.4 is 0 Å². The van der Waals surface area contributed by atoms with E-state index in [1.807, 2.05) is 0 Å². The van der Waals surface area contributed by atoms with Crippen LogP contribution in [0.15, 0.2) is 0 Å². The van der Waals surface area contributed by atoms with Crippen molar-refractivity contribution < 1.29 is 0 Å². The van der Waals surface area contributed by atoms with Crippen molar-refractivity contribution in [3.05, 3.63) is 0 Å². The Hall–Kier alpha value is -0.0800. The molecule has 0 aliphatic rings. The monoisotopic (exact) mass is 157 g/mol. The van der Waals surface area contributed by atoms with Crippen molar-refractivity contribution in [1.82, 2.24) is 0 Å². The maximum absolute atomic E-state index is 8.38. The molecule has 2 unspecified atom stereocenters. The summed E-state index contributed by atoms with van der Waals surface area (Å²) >= 11 is 0. The number of rotatable bonds is 3. The smallest absolute Gasteiger partial charge is 0.0624 e. The van der Waals surface area contributed by atoms with Crippen LogP contribution in [0.1, 0.15) is 33.6 Å². The standard InChI is InChI=1S/C8H16NP/c1-7(4-5-9)6-8(2,3)10/h7H,4,6,10H2,1-3H3. The van der Waals surface area contributed by atoms with Gasteiger partial charge in [0.2, 0.25) is 0 Å². The molecule has 0 amide bonds. The van der Waals surface area contributed by atoms with Gasteiger partial charge in [0, 0.05) is 6.42 Å². The molecule has 1 nitrogen and oxygen atoms in total. The molecule has 2 heteroatoms. The van der Waals surface area contributed by atoms with Crippen LogP contribution >= 0.6 is 9.24 Å². The first kappa shape index (κ1) is 9.92. The van der Waals surface area contributed by atoms with Gasteiger partial charge in [-0.15, -0.1) is 9.24 Å². The third kappa shape index (κ3) is 6.05. The number of nitriles is 1. The second-order valence-corrected chi connectivity index (χ2v) is 5.22. The summed E-state index contributed by atoms with van der Waals surface area (Å²) in [5, 5.41) is 8.66. The van der Waals surface area contributed by atoms with Gasteiger partial charge >= 0.3 is 0 Å². The van der Waals surface area contributed by atoms with Gasteiger partial charge in [0.1, 0.15) is 0 Å². The molecule has 0 aliphatic carbocycles. The van der Waals surface area contributed by atoms with E-state index >= 15 is 0 Å². The van der Waals surface area contributed by atoms with Crippen LogP contribution in [0.25, 0.3) is 0 Å². The summed E-state index contributed by atoms with van der Waals surface area (Å²) < 4.78 is 0. The second-order valence-electron chi connectivity index (χ2n) is 3.66. The van der Waals surface area contributed by atoms with E-state index in [1.165, 1.54) is 0 Å². The molecule has 0 N–H and O–H groups in total. The third-order valence-corrected chi connectivity index (χ3v) is 1.55. The maximum atomic E-state index is 8.38. The minimum Gasteiger partial charge on any atom is -0.198 e. The number of hydrogen-bond acceptors (Lipinski definition) is 1. The predicted molar refractivity (Wildman–Crippen MR) is 47.8 cm³/mol. The first-order valence-electron chi connectivity index (χ1n) is 3.61. The zero-order valence-electron chi connectivity index (χ0n) is 7.02. The van der Waals surface area contributed by atoms with Crippen LogP contribution in [-0.4, -0.2) is 5.16 Å². The van der Waals surface area contributed by atoms with Gasteiger partial charge < -0.3 is 0 Å². The number of nitrogens with zero attached hydrogens (tertiary/aromatic N) is 1. The Morgan fingerprint density at radius 2 is 2.10 bits per heavy atom. The molecule has 0 aliphatic heterocycles. The SMILES string of the molecule is CC(CC#N)CC(C)(C)P. The zero-order chi connectivity index (χ0) is 8.20. The normalized spacial score (nSPS) is 14.3. The van der Waals surface area contributed by atoms with Crippen molar-refractivity contribution in [3.63, 3.8) is 0 Å². The minimum atomic E-state index is 0.288. The summed E-state index contributed by atoms with van der Waals surface area (Å²) in [6.45, 7) is 6.46. The van der Waals surface area contributed by atoms with Crippen molar-refractivity contribution in [2.45, 2.75) is 38.8 Å². The molecule has 0 heterocycles. The highest BCUT2D eigenvalue weighted by atomic mass is 31.0. The van der Waals surface area contributed by atoms with E-state index in [0.717, 1.165) is 6.42 Å².